The summed E-state index contributed by atoms with van der Waals surface area (Å²) in [6.07, 6.45) is -0.422. The number of hydrogen-bond donors (Lipinski definition) is 1. The molecule has 1 heterocycles. The number of nitrogens with one attached hydrogen (secondary N) is 1. The lowest BCUT2D eigenvalue weighted by Crippen LogP contribution is -2.41. The second kappa shape index (κ2) is 8.34. The Bertz CT molecular complexity index is 989. The maximum absolute atomic E-state index is 13.8. The van der Waals surface area contributed by atoms with Gasteiger partial charge in [-0.2, -0.15) is 4.31 Å². The number of sulfonamides is 1. The molecule has 0 unspecified atom stereocenters. The minimum absolute atomic E-state index is 0.0394. The molecule has 1 saturated heterocycles. The van der Waals surface area contributed by atoms with Gasteiger partial charge in [-0.3, -0.25) is 4.79 Å². The topological polar surface area (TPSA) is 75.7 Å². The van der Waals surface area contributed by atoms with Crippen LogP contribution in [0.25, 0.3) is 0 Å². The standard InChI is InChI=1S/C19H20F2N2O4S/c1-13-5-6-16(17(11-13)28(25,26)23-7-9-27-10-8-23)22-18(24)12-14-3-2-4-15(20)19(14)21/h2-6,11H,7-10,12H2,1H3,(H,22,24). The summed E-state index contributed by atoms with van der Waals surface area (Å²) in [5.74, 6) is -2.79. The van der Waals surface area contributed by atoms with Gasteiger partial charge in [0.2, 0.25) is 15.9 Å². The molecule has 9 heteroatoms. The van der Waals surface area contributed by atoms with Crippen LogP contribution in [0.1, 0.15) is 11.1 Å². The van der Waals surface area contributed by atoms with Crippen LogP contribution in [0.5, 0.6) is 0 Å². The number of benzene rings is 2. The zero-order chi connectivity index (χ0) is 20.3. The van der Waals surface area contributed by atoms with E-state index >= 15 is 0 Å². The molecule has 1 N–H and O–H groups in total. The maximum atomic E-state index is 13.8. The molecule has 1 amide bonds. The quantitative estimate of drug-likeness (QED) is 0.822. The molecule has 0 bridgehead atoms. The molecule has 150 valence electrons. The Hall–Kier alpha value is -2.36. The fraction of sp³-hybridized carbons (Fsp3) is 0.316. The highest BCUT2D eigenvalue weighted by Gasteiger charge is 2.29. The number of carbonyl (C=O) groups is 1. The number of halogens is 2. The summed E-state index contributed by atoms with van der Waals surface area (Å²) in [6.45, 7) is 2.78. The molecule has 0 aliphatic carbocycles. The highest BCUT2D eigenvalue weighted by molar-refractivity contribution is 7.89. The fourth-order valence-corrected chi connectivity index (χ4v) is 4.56. The van der Waals surface area contributed by atoms with Crippen molar-refractivity contribution in [3.63, 3.8) is 0 Å². The Morgan fingerprint density at radius 1 is 1.18 bits per heavy atom. The molecule has 2 aromatic carbocycles. The maximum Gasteiger partial charge on any atom is 0.245 e. The number of carbonyl (C=O) groups excluding carboxylic acids is 1. The second-order valence-corrected chi connectivity index (χ2v) is 8.36. The first-order valence-corrected chi connectivity index (χ1v) is 10.1. The van der Waals surface area contributed by atoms with Crippen LogP contribution < -0.4 is 5.32 Å². The first kappa shape index (κ1) is 20.4. The Morgan fingerprint density at radius 2 is 1.89 bits per heavy atom. The van der Waals surface area contributed by atoms with E-state index in [4.69, 9.17) is 4.74 Å². The van der Waals surface area contributed by atoms with Crippen LogP contribution in [0.15, 0.2) is 41.3 Å². The minimum Gasteiger partial charge on any atom is -0.379 e. The summed E-state index contributed by atoms with van der Waals surface area (Å²) in [7, 11) is -3.84. The van der Waals surface area contributed by atoms with Gasteiger partial charge < -0.3 is 10.1 Å². The zero-order valence-corrected chi connectivity index (χ0v) is 16.1. The smallest absolute Gasteiger partial charge is 0.245 e. The molecule has 28 heavy (non-hydrogen) atoms. The van der Waals surface area contributed by atoms with E-state index in [9.17, 15) is 22.0 Å². The Labute approximate surface area is 162 Å². The van der Waals surface area contributed by atoms with E-state index in [0.717, 1.165) is 6.07 Å². The van der Waals surface area contributed by atoms with Gasteiger partial charge in [-0.15, -0.1) is 0 Å². The lowest BCUT2D eigenvalue weighted by Gasteiger charge is -2.27. The normalized spacial score (nSPS) is 15.4. The molecule has 6 nitrogen and oxygen atoms in total. The SMILES string of the molecule is Cc1ccc(NC(=O)Cc2cccc(F)c2F)c(S(=O)(=O)N2CCOCC2)c1. The first-order chi connectivity index (χ1) is 13.3. The van der Waals surface area contributed by atoms with E-state index in [-0.39, 0.29) is 29.2 Å². The van der Waals surface area contributed by atoms with Gasteiger partial charge in [0.15, 0.2) is 11.6 Å². The van der Waals surface area contributed by atoms with Gasteiger partial charge in [0.05, 0.1) is 25.3 Å². The third-order valence-electron chi connectivity index (χ3n) is 4.38. The number of amides is 1. The number of aryl methyl sites for hydroxylation is 1. The Balaban J connectivity index is 1.86. The van der Waals surface area contributed by atoms with Gasteiger partial charge in [-0.05, 0) is 30.7 Å². The molecular weight excluding hydrogens is 390 g/mol. The molecular formula is C19H20F2N2O4S. The molecule has 0 atom stereocenters. The van der Waals surface area contributed by atoms with Crippen LogP contribution in [-0.4, -0.2) is 44.9 Å². The number of nitrogens with zero attached hydrogens (tertiary/aromatic N) is 1. The van der Waals surface area contributed by atoms with Crippen molar-refractivity contribution < 1.29 is 26.7 Å². The average molecular weight is 410 g/mol. The lowest BCUT2D eigenvalue weighted by molar-refractivity contribution is -0.115. The van der Waals surface area contributed by atoms with Crippen LogP contribution in [-0.2, 0) is 26.0 Å². The molecule has 0 aromatic heterocycles. The van der Waals surface area contributed by atoms with Gasteiger partial charge in [-0.1, -0.05) is 18.2 Å². The summed E-state index contributed by atoms with van der Waals surface area (Å²) >= 11 is 0. The van der Waals surface area contributed by atoms with Crippen LogP contribution in [0, 0.1) is 18.6 Å². The van der Waals surface area contributed by atoms with Gasteiger partial charge >= 0.3 is 0 Å². The summed E-state index contributed by atoms with van der Waals surface area (Å²) in [5, 5.41) is 2.51. The number of anilines is 1. The minimum atomic E-state index is -3.84. The van der Waals surface area contributed by atoms with Crippen molar-refractivity contribution in [2.75, 3.05) is 31.6 Å². The van der Waals surface area contributed by atoms with Crippen molar-refractivity contribution in [2.45, 2.75) is 18.2 Å². The molecule has 0 spiro atoms. The summed E-state index contributed by atoms with van der Waals surface area (Å²) in [6, 6.07) is 8.20. The fourth-order valence-electron chi connectivity index (χ4n) is 2.92. The van der Waals surface area contributed by atoms with Crippen molar-refractivity contribution >= 4 is 21.6 Å². The van der Waals surface area contributed by atoms with Crippen LogP contribution >= 0.6 is 0 Å². The van der Waals surface area contributed by atoms with E-state index in [1.807, 2.05) is 0 Å². The van der Waals surface area contributed by atoms with Crippen molar-refractivity contribution in [3.8, 4) is 0 Å². The van der Waals surface area contributed by atoms with Gasteiger partial charge in [0.25, 0.3) is 0 Å². The molecule has 3 rings (SSSR count). The van der Waals surface area contributed by atoms with Crippen molar-refractivity contribution in [3.05, 3.63) is 59.2 Å². The molecule has 0 radical (unpaired) electrons. The molecule has 1 fully saturated rings. The average Bonchev–Trinajstić information content (AvgIpc) is 2.67. The lowest BCUT2D eigenvalue weighted by atomic mass is 10.1. The van der Waals surface area contributed by atoms with Crippen LogP contribution in [0.2, 0.25) is 0 Å². The largest absolute Gasteiger partial charge is 0.379 e. The third kappa shape index (κ3) is 4.37. The molecule has 1 aliphatic rings. The summed E-state index contributed by atoms with van der Waals surface area (Å²) < 4.78 is 59.6. The van der Waals surface area contributed by atoms with E-state index in [2.05, 4.69) is 5.32 Å². The van der Waals surface area contributed by atoms with E-state index in [1.165, 1.54) is 28.6 Å². The number of morpholine rings is 1. The number of hydrogen-bond acceptors (Lipinski definition) is 4. The van der Waals surface area contributed by atoms with Gasteiger partial charge in [0, 0.05) is 18.7 Å². The van der Waals surface area contributed by atoms with Crippen molar-refractivity contribution in [1.29, 1.82) is 0 Å². The highest BCUT2D eigenvalue weighted by atomic mass is 32.2. The predicted octanol–water partition coefficient (Wildman–Crippen LogP) is 2.48. The molecule has 2 aromatic rings. The van der Waals surface area contributed by atoms with E-state index in [0.29, 0.717) is 18.8 Å². The van der Waals surface area contributed by atoms with Crippen LogP contribution in [0.3, 0.4) is 0 Å². The van der Waals surface area contributed by atoms with Crippen molar-refractivity contribution in [1.82, 2.24) is 4.31 Å². The monoisotopic (exact) mass is 410 g/mol. The Morgan fingerprint density at radius 3 is 2.61 bits per heavy atom. The summed E-state index contributed by atoms with van der Waals surface area (Å²) in [5.41, 5.74) is 0.696. The highest BCUT2D eigenvalue weighted by Crippen LogP contribution is 2.27. The second-order valence-electron chi connectivity index (χ2n) is 6.45. The van der Waals surface area contributed by atoms with Gasteiger partial charge in [0.1, 0.15) is 4.90 Å². The first-order valence-electron chi connectivity index (χ1n) is 8.70. The zero-order valence-electron chi connectivity index (χ0n) is 15.2. The van der Waals surface area contributed by atoms with Gasteiger partial charge in [-0.25, -0.2) is 17.2 Å². The summed E-state index contributed by atoms with van der Waals surface area (Å²) in [4.78, 5) is 12.3. The van der Waals surface area contributed by atoms with Crippen molar-refractivity contribution in [2.24, 2.45) is 0 Å². The van der Waals surface area contributed by atoms with E-state index in [1.54, 1.807) is 13.0 Å². The molecule has 1 aliphatic heterocycles. The predicted molar refractivity (Wildman–Crippen MR) is 99.4 cm³/mol. The van der Waals surface area contributed by atoms with E-state index < -0.39 is 34.0 Å². The Kier molecular flexibility index (Phi) is 6.07. The van der Waals surface area contributed by atoms with Crippen LogP contribution in [0.4, 0.5) is 14.5 Å². The number of ether oxygens (including phenoxy) is 1. The third-order valence-corrected chi connectivity index (χ3v) is 6.32. The molecule has 0 saturated carbocycles. The number of rotatable bonds is 5.